The topological polar surface area (TPSA) is 73.2 Å². The summed E-state index contributed by atoms with van der Waals surface area (Å²) >= 11 is 1.47. The van der Waals surface area contributed by atoms with E-state index in [1.807, 2.05) is 73.1 Å². The Bertz CT molecular complexity index is 1030. The van der Waals surface area contributed by atoms with Gasteiger partial charge in [0.15, 0.2) is 0 Å². The molecule has 3 rings (SSSR count). The summed E-state index contributed by atoms with van der Waals surface area (Å²) in [6.45, 7) is 4.38. The third-order valence-corrected chi connectivity index (χ3v) is 5.66. The number of amides is 1. The van der Waals surface area contributed by atoms with Crippen LogP contribution in [-0.2, 0) is 21.8 Å². The zero-order valence-corrected chi connectivity index (χ0v) is 18.2. The summed E-state index contributed by atoms with van der Waals surface area (Å²) in [5, 5.41) is 7.53. The molecule has 1 aromatic heterocycles. The summed E-state index contributed by atoms with van der Waals surface area (Å²) < 4.78 is 6.51. The highest BCUT2D eigenvalue weighted by Gasteiger charge is 2.19. The molecule has 156 valence electrons. The number of carbonyl (C=O) groups excluding carboxylic acids is 2. The normalized spacial score (nSPS) is 10.6. The molecule has 1 N–H and O–H groups in total. The van der Waals surface area contributed by atoms with Crippen molar-refractivity contribution in [3.63, 3.8) is 0 Å². The molecule has 7 heteroatoms. The Kier molecular flexibility index (Phi) is 7.30. The summed E-state index contributed by atoms with van der Waals surface area (Å²) in [5.41, 5.74) is 4.99. The maximum absolute atomic E-state index is 12.9. The van der Waals surface area contributed by atoms with E-state index in [9.17, 15) is 9.59 Å². The summed E-state index contributed by atoms with van der Waals surface area (Å²) in [7, 11) is 1.38. The molecule has 1 amide bonds. The van der Waals surface area contributed by atoms with Crippen LogP contribution in [0.2, 0.25) is 0 Å². The van der Waals surface area contributed by atoms with Crippen molar-refractivity contribution in [3.05, 3.63) is 82.7 Å². The molecule has 0 radical (unpaired) electrons. The maximum atomic E-state index is 12.9. The number of carbonyl (C=O) groups is 2. The predicted octanol–water partition coefficient (Wildman–Crippen LogP) is 4.21. The third-order valence-electron chi connectivity index (χ3n) is 4.68. The number of thioether (sulfide) groups is 1. The van der Waals surface area contributed by atoms with Gasteiger partial charge in [-0.15, -0.1) is 11.8 Å². The van der Waals surface area contributed by atoms with Crippen LogP contribution in [0.15, 0.2) is 54.6 Å². The molecule has 3 aromatic rings. The van der Waals surface area contributed by atoms with Crippen LogP contribution in [0.3, 0.4) is 0 Å². The minimum atomic E-state index is -0.247. The van der Waals surface area contributed by atoms with Crippen molar-refractivity contribution in [2.75, 3.05) is 18.2 Å². The number of hydrogen-bond acceptors (Lipinski definition) is 5. The van der Waals surface area contributed by atoms with Crippen LogP contribution in [-0.4, -0.2) is 34.5 Å². The van der Waals surface area contributed by atoms with Gasteiger partial charge in [0.25, 0.3) is 5.91 Å². The smallest absolute Gasteiger partial charge is 0.315 e. The molecule has 0 aliphatic rings. The van der Waals surface area contributed by atoms with Crippen LogP contribution in [0.4, 0.5) is 5.69 Å². The Balaban J connectivity index is 1.69. The van der Waals surface area contributed by atoms with Gasteiger partial charge in [0.2, 0.25) is 0 Å². The molecule has 0 fully saturated rings. The lowest BCUT2D eigenvalue weighted by Gasteiger charge is -2.09. The van der Waals surface area contributed by atoms with E-state index in [1.54, 1.807) is 0 Å². The van der Waals surface area contributed by atoms with E-state index >= 15 is 0 Å². The average Bonchev–Trinajstić information content (AvgIpc) is 3.01. The zero-order valence-electron chi connectivity index (χ0n) is 17.3. The number of esters is 1. The highest BCUT2D eigenvalue weighted by Crippen LogP contribution is 2.20. The summed E-state index contributed by atoms with van der Waals surface area (Å²) in [4.78, 5) is 24.2. The van der Waals surface area contributed by atoms with E-state index in [0.29, 0.717) is 35.0 Å². The predicted molar refractivity (Wildman–Crippen MR) is 120 cm³/mol. The van der Waals surface area contributed by atoms with Crippen molar-refractivity contribution in [2.45, 2.75) is 26.1 Å². The van der Waals surface area contributed by atoms with Crippen LogP contribution in [0, 0.1) is 13.8 Å². The first kappa shape index (κ1) is 21.6. The van der Waals surface area contributed by atoms with Crippen LogP contribution in [0.1, 0.15) is 32.9 Å². The van der Waals surface area contributed by atoms with Crippen LogP contribution < -0.4 is 5.32 Å². The minimum absolute atomic E-state index is 0.177. The molecule has 0 aliphatic heterocycles. The first-order chi connectivity index (χ1) is 14.5. The van der Waals surface area contributed by atoms with E-state index < -0.39 is 0 Å². The number of benzene rings is 2. The summed E-state index contributed by atoms with van der Waals surface area (Å²) in [6.07, 6.45) is 0. The lowest BCUT2D eigenvalue weighted by molar-refractivity contribution is -0.137. The van der Waals surface area contributed by atoms with Gasteiger partial charge in [-0.3, -0.25) is 14.3 Å². The highest BCUT2D eigenvalue weighted by molar-refractivity contribution is 7.99. The van der Waals surface area contributed by atoms with Gasteiger partial charge < -0.3 is 10.1 Å². The molecule has 0 aliphatic carbocycles. The average molecular weight is 424 g/mol. The molecule has 6 nitrogen and oxygen atoms in total. The summed E-state index contributed by atoms with van der Waals surface area (Å²) in [5.74, 6) is 0.532. The molecule has 0 spiro atoms. The molecule has 2 aromatic carbocycles. The Morgan fingerprint density at radius 1 is 1.07 bits per heavy atom. The second-order valence-corrected chi connectivity index (χ2v) is 7.90. The Morgan fingerprint density at radius 2 is 1.80 bits per heavy atom. The van der Waals surface area contributed by atoms with Crippen LogP contribution in [0.5, 0.6) is 0 Å². The van der Waals surface area contributed by atoms with Crippen molar-refractivity contribution in [1.29, 1.82) is 0 Å². The minimum Gasteiger partial charge on any atom is -0.468 e. The molecule has 0 bridgehead atoms. The van der Waals surface area contributed by atoms with Gasteiger partial charge in [-0.25, -0.2) is 0 Å². The van der Waals surface area contributed by atoms with Crippen LogP contribution >= 0.6 is 11.8 Å². The lowest BCUT2D eigenvalue weighted by Crippen LogP contribution is -2.14. The van der Waals surface area contributed by atoms with Crippen molar-refractivity contribution in [1.82, 2.24) is 9.78 Å². The van der Waals surface area contributed by atoms with E-state index in [-0.39, 0.29) is 11.9 Å². The largest absolute Gasteiger partial charge is 0.468 e. The molecule has 0 saturated carbocycles. The van der Waals surface area contributed by atoms with Gasteiger partial charge in [0, 0.05) is 17.1 Å². The number of aryl methyl sites for hydroxylation is 1. The van der Waals surface area contributed by atoms with Gasteiger partial charge in [-0.1, -0.05) is 42.5 Å². The van der Waals surface area contributed by atoms with Crippen molar-refractivity contribution < 1.29 is 14.3 Å². The highest BCUT2D eigenvalue weighted by atomic mass is 32.2. The fourth-order valence-corrected chi connectivity index (χ4v) is 3.98. The Morgan fingerprint density at radius 3 is 2.53 bits per heavy atom. The number of methoxy groups -OCH3 is 1. The monoisotopic (exact) mass is 423 g/mol. The zero-order chi connectivity index (χ0) is 21.5. The Hall–Kier alpha value is -3.06. The molecular weight excluding hydrogens is 398 g/mol. The van der Waals surface area contributed by atoms with Gasteiger partial charge in [0.1, 0.15) is 0 Å². The fourth-order valence-electron chi connectivity index (χ4n) is 3.18. The second kappa shape index (κ2) is 10.1. The van der Waals surface area contributed by atoms with Gasteiger partial charge in [-0.05, 0) is 37.1 Å². The number of hydrogen-bond donors (Lipinski definition) is 1. The molecule has 30 heavy (non-hydrogen) atoms. The van der Waals surface area contributed by atoms with E-state index in [4.69, 9.17) is 0 Å². The number of ether oxygens (including phenoxy) is 1. The van der Waals surface area contributed by atoms with Gasteiger partial charge in [0.05, 0.1) is 30.7 Å². The first-order valence-corrected chi connectivity index (χ1v) is 10.8. The maximum Gasteiger partial charge on any atom is 0.315 e. The summed E-state index contributed by atoms with van der Waals surface area (Å²) in [6, 6.07) is 17.7. The van der Waals surface area contributed by atoms with Crippen LogP contribution in [0.25, 0.3) is 0 Å². The van der Waals surface area contributed by atoms with Crippen molar-refractivity contribution >= 4 is 29.3 Å². The Labute approximate surface area is 180 Å². The molecule has 0 atom stereocenters. The molecule has 1 heterocycles. The first-order valence-electron chi connectivity index (χ1n) is 9.60. The standard InChI is InChI=1S/C23H25N3O3S/c1-16-22(17(2)26(25-16)13-18-8-5-4-6-9-18)23(28)24-20-11-7-10-19(12-20)14-30-15-21(27)29-3/h4-12H,13-15H2,1-3H3,(H,24,28). The van der Waals surface area contributed by atoms with Crippen molar-refractivity contribution in [3.8, 4) is 0 Å². The fraction of sp³-hybridized carbons (Fsp3) is 0.261. The number of nitrogens with one attached hydrogen (secondary N) is 1. The van der Waals surface area contributed by atoms with E-state index in [2.05, 4.69) is 15.2 Å². The SMILES string of the molecule is COC(=O)CSCc1cccc(NC(=O)c2c(C)nn(Cc3ccccc3)c2C)c1. The quantitative estimate of drug-likeness (QED) is 0.550. The second-order valence-electron chi connectivity index (χ2n) is 6.91. The van der Waals surface area contributed by atoms with E-state index in [1.165, 1.54) is 18.9 Å². The molecule has 0 saturated heterocycles. The number of nitrogens with zero attached hydrogens (tertiary/aromatic N) is 2. The van der Waals surface area contributed by atoms with E-state index in [0.717, 1.165) is 16.8 Å². The number of rotatable bonds is 8. The lowest BCUT2D eigenvalue weighted by atomic mass is 10.1. The third kappa shape index (κ3) is 5.51. The van der Waals surface area contributed by atoms with Gasteiger partial charge in [-0.2, -0.15) is 5.10 Å². The van der Waals surface area contributed by atoms with Crippen molar-refractivity contribution in [2.24, 2.45) is 0 Å². The number of anilines is 1. The molecule has 0 unspecified atom stereocenters. The molecular formula is C23H25N3O3S. The van der Waals surface area contributed by atoms with Gasteiger partial charge >= 0.3 is 5.97 Å². The number of aromatic nitrogens is 2.